The molecule has 1 heterocycles. The van der Waals surface area contributed by atoms with Gasteiger partial charge in [0.05, 0.1) is 11.7 Å². The second-order valence-corrected chi connectivity index (χ2v) is 3.71. The van der Waals surface area contributed by atoms with Gasteiger partial charge in [0.15, 0.2) is 5.78 Å². The number of ketones is 1. The molecule has 0 aromatic rings. The molecule has 1 amide bonds. The highest BCUT2D eigenvalue weighted by atomic mass is 16.2. The fraction of sp³-hybridized carbons (Fsp3) is 0.455. The average molecular weight is 191 g/mol. The Kier molecular flexibility index (Phi) is 2.02. The first-order chi connectivity index (χ1) is 6.63. The molecule has 3 nitrogen and oxygen atoms in total. The van der Waals surface area contributed by atoms with Gasteiger partial charge in [-0.1, -0.05) is 12.2 Å². The minimum absolute atomic E-state index is 0.0533. The van der Waals surface area contributed by atoms with E-state index in [4.69, 9.17) is 0 Å². The highest BCUT2D eigenvalue weighted by Crippen LogP contribution is 2.33. The van der Waals surface area contributed by atoms with E-state index in [1.54, 1.807) is 11.8 Å². The Morgan fingerprint density at radius 3 is 2.71 bits per heavy atom. The molecule has 0 N–H and O–H groups in total. The molecule has 74 valence electrons. The standard InChI is InChI=1S/C11H13NO2/c1-7-11(14)9-5-3-4-6-10(9)12(7)8(2)13/h5-7H,3-4H2,1-2H3. The second-order valence-electron chi connectivity index (χ2n) is 3.71. The molecule has 0 saturated carbocycles. The van der Waals surface area contributed by atoms with E-state index in [1.807, 2.05) is 12.2 Å². The number of hydrogen-bond acceptors (Lipinski definition) is 2. The van der Waals surface area contributed by atoms with Crippen LogP contribution in [-0.4, -0.2) is 22.6 Å². The Morgan fingerprint density at radius 2 is 2.07 bits per heavy atom. The number of carbonyl (C=O) groups excluding carboxylic acids is 2. The number of likely N-dealkylation sites (tertiary alicyclic amines) is 1. The van der Waals surface area contributed by atoms with E-state index < -0.39 is 0 Å². The Morgan fingerprint density at radius 1 is 1.43 bits per heavy atom. The van der Waals surface area contributed by atoms with Gasteiger partial charge in [-0.05, 0) is 19.8 Å². The van der Waals surface area contributed by atoms with E-state index in [1.165, 1.54) is 6.92 Å². The number of fused-ring (bicyclic) bond motifs is 1. The maximum Gasteiger partial charge on any atom is 0.224 e. The summed E-state index contributed by atoms with van der Waals surface area (Å²) < 4.78 is 0. The molecule has 3 heteroatoms. The van der Waals surface area contributed by atoms with Crippen molar-refractivity contribution in [3.8, 4) is 0 Å². The highest BCUT2D eigenvalue weighted by Gasteiger charge is 2.39. The van der Waals surface area contributed by atoms with Crippen LogP contribution < -0.4 is 0 Å². The van der Waals surface area contributed by atoms with Crippen LogP contribution in [0.5, 0.6) is 0 Å². The molecule has 0 spiro atoms. The predicted octanol–water partition coefficient (Wildman–Crippen LogP) is 1.41. The van der Waals surface area contributed by atoms with Crippen molar-refractivity contribution >= 4 is 11.7 Å². The molecule has 1 fully saturated rings. The van der Waals surface area contributed by atoms with Crippen LogP contribution >= 0.6 is 0 Å². The second kappa shape index (κ2) is 3.08. The van der Waals surface area contributed by atoms with Crippen molar-refractivity contribution in [2.75, 3.05) is 0 Å². The summed E-state index contributed by atoms with van der Waals surface area (Å²) in [5.74, 6) is 0.0218. The van der Waals surface area contributed by atoms with E-state index in [0.29, 0.717) is 0 Å². The summed E-state index contributed by atoms with van der Waals surface area (Å²) in [4.78, 5) is 24.7. The third-order valence-electron chi connectivity index (χ3n) is 2.76. The number of nitrogens with zero attached hydrogens (tertiary/aromatic N) is 1. The highest BCUT2D eigenvalue weighted by molar-refractivity contribution is 6.09. The van der Waals surface area contributed by atoms with Gasteiger partial charge >= 0.3 is 0 Å². The third-order valence-corrected chi connectivity index (χ3v) is 2.76. The molecule has 1 unspecified atom stereocenters. The van der Waals surface area contributed by atoms with Crippen molar-refractivity contribution in [1.82, 2.24) is 4.90 Å². The van der Waals surface area contributed by atoms with Crippen LogP contribution in [0.15, 0.2) is 23.4 Å². The summed E-state index contributed by atoms with van der Waals surface area (Å²) in [7, 11) is 0. The van der Waals surface area contributed by atoms with E-state index >= 15 is 0 Å². The van der Waals surface area contributed by atoms with Crippen LogP contribution in [0.2, 0.25) is 0 Å². The molecule has 2 rings (SSSR count). The third kappa shape index (κ3) is 1.12. The van der Waals surface area contributed by atoms with Gasteiger partial charge in [-0.3, -0.25) is 9.59 Å². The Bertz CT molecular complexity index is 365. The maximum absolute atomic E-state index is 11.8. The molecule has 1 saturated heterocycles. The maximum atomic E-state index is 11.8. The zero-order valence-corrected chi connectivity index (χ0v) is 8.41. The minimum Gasteiger partial charge on any atom is -0.302 e. The fourth-order valence-electron chi connectivity index (χ4n) is 2.11. The quantitative estimate of drug-likeness (QED) is 0.580. The fourth-order valence-corrected chi connectivity index (χ4v) is 2.11. The van der Waals surface area contributed by atoms with Gasteiger partial charge in [0.2, 0.25) is 5.91 Å². The molecule has 1 aliphatic carbocycles. The molecule has 1 atom stereocenters. The van der Waals surface area contributed by atoms with Crippen molar-refractivity contribution < 1.29 is 9.59 Å². The van der Waals surface area contributed by atoms with Crippen LogP contribution in [0.3, 0.4) is 0 Å². The van der Waals surface area contributed by atoms with Crippen LogP contribution in [0.4, 0.5) is 0 Å². The SMILES string of the molecule is CC(=O)N1C2=CCCC=C2C(=O)C1C. The molecular weight excluding hydrogens is 178 g/mol. The summed E-state index contributed by atoms with van der Waals surface area (Å²) in [5.41, 5.74) is 1.56. The topological polar surface area (TPSA) is 37.4 Å². The smallest absolute Gasteiger partial charge is 0.224 e. The summed E-state index contributed by atoms with van der Waals surface area (Å²) >= 11 is 0. The van der Waals surface area contributed by atoms with Gasteiger partial charge in [0.25, 0.3) is 0 Å². The molecule has 0 aromatic carbocycles. The summed E-state index contributed by atoms with van der Waals surface area (Å²) in [6.45, 7) is 3.28. The van der Waals surface area contributed by atoms with Gasteiger partial charge in [-0.15, -0.1) is 0 Å². The number of Topliss-reactive ketones (excluding diaryl/α,β-unsaturated/α-hetero) is 1. The first-order valence-corrected chi connectivity index (χ1v) is 4.87. The Labute approximate surface area is 83.1 Å². The average Bonchev–Trinajstić information content (AvgIpc) is 2.41. The van der Waals surface area contributed by atoms with Gasteiger partial charge in [-0.25, -0.2) is 0 Å². The van der Waals surface area contributed by atoms with Crippen molar-refractivity contribution in [2.45, 2.75) is 32.7 Å². The molecule has 14 heavy (non-hydrogen) atoms. The number of rotatable bonds is 0. The summed E-state index contributed by atoms with van der Waals surface area (Å²) in [6.07, 6.45) is 5.75. The van der Waals surface area contributed by atoms with E-state index in [2.05, 4.69) is 0 Å². The Hall–Kier alpha value is -1.38. The predicted molar refractivity (Wildman–Crippen MR) is 52.4 cm³/mol. The largest absolute Gasteiger partial charge is 0.302 e. The minimum atomic E-state index is -0.317. The van der Waals surface area contributed by atoms with Crippen molar-refractivity contribution in [3.05, 3.63) is 23.4 Å². The van der Waals surface area contributed by atoms with Crippen LogP contribution in [0, 0.1) is 0 Å². The monoisotopic (exact) mass is 191 g/mol. The number of amides is 1. The van der Waals surface area contributed by atoms with E-state index in [0.717, 1.165) is 24.1 Å². The number of hydrogen-bond donors (Lipinski definition) is 0. The first kappa shape index (κ1) is 9.19. The van der Waals surface area contributed by atoms with Crippen molar-refractivity contribution in [2.24, 2.45) is 0 Å². The van der Waals surface area contributed by atoms with Crippen LogP contribution in [-0.2, 0) is 9.59 Å². The zero-order chi connectivity index (χ0) is 10.3. The summed E-state index contributed by atoms with van der Waals surface area (Å²) in [5, 5.41) is 0. The van der Waals surface area contributed by atoms with E-state index in [9.17, 15) is 9.59 Å². The van der Waals surface area contributed by atoms with E-state index in [-0.39, 0.29) is 17.7 Å². The van der Waals surface area contributed by atoms with Gasteiger partial charge in [0.1, 0.15) is 0 Å². The molecule has 0 radical (unpaired) electrons. The molecule has 0 bridgehead atoms. The lowest BCUT2D eigenvalue weighted by Crippen LogP contribution is -2.33. The van der Waals surface area contributed by atoms with Crippen molar-refractivity contribution in [3.63, 3.8) is 0 Å². The lowest BCUT2D eigenvalue weighted by Gasteiger charge is -2.20. The van der Waals surface area contributed by atoms with Gasteiger partial charge in [-0.2, -0.15) is 0 Å². The number of allylic oxidation sites excluding steroid dienone is 3. The van der Waals surface area contributed by atoms with Gasteiger partial charge in [0, 0.05) is 12.5 Å². The van der Waals surface area contributed by atoms with Crippen LogP contribution in [0.25, 0.3) is 0 Å². The normalized spacial score (nSPS) is 25.7. The first-order valence-electron chi connectivity index (χ1n) is 4.87. The molecule has 1 aliphatic heterocycles. The van der Waals surface area contributed by atoms with Gasteiger partial charge < -0.3 is 4.90 Å². The lowest BCUT2D eigenvalue weighted by atomic mass is 10.0. The summed E-state index contributed by atoms with van der Waals surface area (Å²) in [6, 6.07) is -0.317. The zero-order valence-electron chi connectivity index (χ0n) is 8.41. The number of carbonyl (C=O) groups is 2. The van der Waals surface area contributed by atoms with Crippen LogP contribution in [0.1, 0.15) is 26.7 Å². The Balaban J connectivity index is 2.46. The molecule has 0 aromatic heterocycles. The van der Waals surface area contributed by atoms with Crippen molar-refractivity contribution in [1.29, 1.82) is 0 Å². The molecular formula is C11H13NO2. The lowest BCUT2D eigenvalue weighted by molar-refractivity contribution is -0.131. The molecule has 2 aliphatic rings.